The molecule has 0 aliphatic carbocycles. The lowest BCUT2D eigenvalue weighted by atomic mass is 10.1. The Kier molecular flexibility index (Phi) is 5.02. The van der Waals surface area contributed by atoms with Crippen LogP contribution in [-0.4, -0.2) is 17.6 Å². The standard InChI is InChI=1S/C11H10F6N2O2/c12-10(13,14)4-1-5-18-7-2-3-9(19(20)21)8(6-7)11(15,16)17/h2-3,6,18H,1,4-5H2. The molecule has 1 rings (SSSR count). The Labute approximate surface area is 114 Å². The van der Waals surface area contributed by atoms with Gasteiger partial charge in [0.05, 0.1) is 4.92 Å². The van der Waals surface area contributed by atoms with Gasteiger partial charge < -0.3 is 5.32 Å². The summed E-state index contributed by atoms with van der Waals surface area (Å²) in [4.78, 5) is 9.34. The van der Waals surface area contributed by atoms with Crippen molar-refractivity contribution in [2.75, 3.05) is 11.9 Å². The first-order valence-electron chi connectivity index (χ1n) is 5.67. The van der Waals surface area contributed by atoms with Gasteiger partial charge in [0.2, 0.25) is 0 Å². The maximum atomic E-state index is 12.7. The van der Waals surface area contributed by atoms with Crippen LogP contribution in [-0.2, 0) is 6.18 Å². The first-order chi connectivity index (χ1) is 9.50. The minimum absolute atomic E-state index is 0.130. The largest absolute Gasteiger partial charge is 0.423 e. The fourth-order valence-corrected chi connectivity index (χ4v) is 1.55. The molecule has 0 unspecified atom stereocenters. The maximum Gasteiger partial charge on any atom is 0.423 e. The van der Waals surface area contributed by atoms with E-state index in [1.807, 2.05) is 0 Å². The third-order valence-electron chi connectivity index (χ3n) is 2.46. The van der Waals surface area contributed by atoms with Gasteiger partial charge in [-0.15, -0.1) is 0 Å². The van der Waals surface area contributed by atoms with Gasteiger partial charge in [-0.05, 0) is 18.6 Å². The molecule has 0 radical (unpaired) electrons. The summed E-state index contributed by atoms with van der Waals surface area (Å²) in [6.45, 7) is -0.200. The molecule has 0 saturated heterocycles. The topological polar surface area (TPSA) is 55.2 Å². The van der Waals surface area contributed by atoms with Crippen molar-refractivity contribution in [3.63, 3.8) is 0 Å². The van der Waals surface area contributed by atoms with Crippen molar-refractivity contribution in [3.05, 3.63) is 33.9 Å². The summed E-state index contributed by atoms with van der Waals surface area (Å²) in [5, 5.41) is 12.9. The van der Waals surface area contributed by atoms with Crippen LogP contribution < -0.4 is 5.32 Å². The molecule has 1 N–H and O–H groups in total. The summed E-state index contributed by atoms with van der Waals surface area (Å²) in [5.41, 5.74) is -2.69. The average Bonchev–Trinajstić information content (AvgIpc) is 2.32. The number of alkyl halides is 6. The molecule has 118 valence electrons. The van der Waals surface area contributed by atoms with Gasteiger partial charge in [0.15, 0.2) is 0 Å². The molecule has 1 aromatic carbocycles. The molecule has 0 amide bonds. The molecule has 0 aliphatic heterocycles. The van der Waals surface area contributed by atoms with Gasteiger partial charge in [-0.2, -0.15) is 26.3 Å². The Morgan fingerprint density at radius 3 is 2.24 bits per heavy atom. The number of rotatable bonds is 5. The summed E-state index contributed by atoms with van der Waals surface area (Å²) < 4.78 is 73.6. The molecule has 4 nitrogen and oxygen atoms in total. The van der Waals surface area contributed by atoms with Crippen molar-refractivity contribution in [2.45, 2.75) is 25.2 Å². The monoisotopic (exact) mass is 316 g/mol. The number of halogens is 6. The van der Waals surface area contributed by atoms with E-state index in [4.69, 9.17) is 0 Å². The first kappa shape index (κ1) is 17.1. The van der Waals surface area contributed by atoms with Gasteiger partial charge in [-0.3, -0.25) is 10.1 Å². The number of nitro benzene ring substituents is 1. The van der Waals surface area contributed by atoms with Gasteiger partial charge >= 0.3 is 12.4 Å². The number of nitrogens with zero attached hydrogens (tertiary/aromatic N) is 1. The van der Waals surface area contributed by atoms with E-state index >= 15 is 0 Å². The Hall–Kier alpha value is -2.00. The maximum absolute atomic E-state index is 12.7. The van der Waals surface area contributed by atoms with Crippen LogP contribution in [0.1, 0.15) is 18.4 Å². The van der Waals surface area contributed by atoms with Crippen LogP contribution in [0.15, 0.2) is 18.2 Å². The number of hydrogen-bond acceptors (Lipinski definition) is 3. The van der Waals surface area contributed by atoms with Gasteiger partial charge in [0, 0.05) is 24.7 Å². The van der Waals surface area contributed by atoms with Crippen molar-refractivity contribution in [1.29, 1.82) is 0 Å². The van der Waals surface area contributed by atoms with E-state index < -0.39 is 34.9 Å². The van der Waals surface area contributed by atoms with Crippen molar-refractivity contribution >= 4 is 11.4 Å². The zero-order valence-electron chi connectivity index (χ0n) is 10.4. The molecular weight excluding hydrogens is 306 g/mol. The molecule has 0 saturated carbocycles. The number of anilines is 1. The normalized spacial score (nSPS) is 12.3. The molecule has 0 bridgehead atoms. The van der Waals surface area contributed by atoms with Crippen molar-refractivity contribution in [1.82, 2.24) is 0 Å². The fourth-order valence-electron chi connectivity index (χ4n) is 1.55. The van der Waals surface area contributed by atoms with Crippen LogP contribution in [0.4, 0.5) is 37.7 Å². The highest BCUT2D eigenvalue weighted by molar-refractivity contribution is 5.55. The predicted octanol–water partition coefficient (Wildman–Crippen LogP) is 4.37. The average molecular weight is 316 g/mol. The fraction of sp³-hybridized carbons (Fsp3) is 0.455. The molecular formula is C11H10F6N2O2. The lowest BCUT2D eigenvalue weighted by Gasteiger charge is -2.11. The van der Waals surface area contributed by atoms with E-state index in [0.717, 1.165) is 6.07 Å². The second-order valence-corrected chi connectivity index (χ2v) is 4.13. The Morgan fingerprint density at radius 1 is 1.14 bits per heavy atom. The third kappa shape index (κ3) is 5.48. The highest BCUT2D eigenvalue weighted by atomic mass is 19.4. The zero-order valence-corrected chi connectivity index (χ0v) is 10.4. The van der Waals surface area contributed by atoms with E-state index in [2.05, 4.69) is 5.32 Å². The second-order valence-electron chi connectivity index (χ2n) is 4.13. The molecule has 0 aromatic heterocycles. The SMILES string of the molecule is O=[N+]([O-])c1ccc(NCCCC(F)(F)F)cc1C(F)(F)F. The molecule has 0 fully saturated rings. The summed E-state index contributed by atoms with van der Waals surface area (Å²) in [5.74, 6) is 0. The molecule has 1 aromatic rings. The predicted molar refractivity (Wildman–Crippen MR) is 61.9 cm³/mol. The molecule has 0 aliphatic rings. The Morgan fingerprint density at radius 2 is 1.76 bits per heavy atom. The highest BCUT2D eigenvalue weighted by Gasteiger charge is 2.38. The highest BCUT2D eigenvalue weighted by Crippen LogP contribution is 2.37. The Bertz CT molecular complexity index is 512. The number of hydrogen-bond donors (Lipinski definition) is 1. The van der Waals surface area contributed by atoms with E-state index in [9.17, 15) is 36.5 Å². The number of benzene rings is 1. The van der Waals surface area contributed by atoms with Crippen LogP contribution in [0.5, 0.6) is 0 Å². The van der Waals surface area contributed by atoms with Gasteiger partial charge in [0.1, 0.15) is 5.56 Å². The summed E-state index contributed by atoms with van der Waals surface area (Å²) in [6.07, 6.45) is -10.7. The molecule has 10 heteroatoms. The second kappa shape index (κ2) is 6.19. The smallest absolute Gasteiger partial charge is 0.385 e. The van der Waals surface area contributed by atoms with E-state index in [1.54, 1.807) is 0 Å². The van der Waals surface area contributed by atoms with Gasteiger partial charge in [-0.1, -0.05) is 0 Å². The van der Waals surface area contributed by atoms with E-state index in [1.165, 1.54) is 0 Å². The summed E-state index contributed by atoms with van der Waals surface area (Å²) in [7, 11) is 0. The van der Waals surface area contributed by atoms with Crippen molar-refractivity contribution in [3.8, 4) is 0 Å². The van der Waals surface area contributed by atoms with Crippen LogP contribution in [0.25, 0.3) is 0 Å². The van der Waals surface area contributed by atoms with Crippen LogP contribution in [0, 0.1) is 10.1 Å². The lowest BCUT2D eigenvalue weighted by Crippen LogP contribution is -2.12. The summed E-state index contributed by atoms with van der Waals surface area (Å²) >= 11 is 0. The van der Waals surface area contributed by atoms with Crippen LogP contribution >= 0.6 is 0 Å². The molecule has 0 atom stereocenters. The van der Waals surface area contributed by atoms with E-state index in [-0.39, 0.29) is 18.7 Å². The minimum Gasteiger partial charge on any atom is -0.385 e. The van der Waals surface area contributed by atoms with Crippen LogP contribution in [0.3, 0.4) is 0 Å². The van der Waals surface area contributed by atoms with Gasteiger partial charge in [0.25, 0.3) is 5.69 Å². The molecule has 0 heterocycles. The molecule has 0 spiro atoms. The first-order valence-corrected chi connectivity index (χ1v) is 5.67. The summed E-state index contributed by atoms with van der Waals surface area (Å²) in [6, 6.07) is 2.18. The van der Waals surface area contributed by atoms with Gasteiger partial charge in [-0.25, -0.2) is 0 Å². The number of nitro groups is 1. The van der Waals surface area contributed by atoms with Crippen molar-refractivity contribution < 1.29 is 31.3 Å². The minimum atomic E-state index is -4.92. The van der Waals surface area contributed by atoms with Crippen LogP contribution in [0.2, 0.25) is 0 Å². The van der Waals surface area contributed by atoms with Crippen molar-refractivity contribution in [2.24, 2.45) is 0 Å². The molecule has 21 heavy (non-hydrogen) atoms. The quantitative estimate of drug-likeness (QED) is 0.380. The van der Waals surface area contributed by atoms with E-state index in [0.29, 0.717) is 12.1 Å². The number of nitrogens with one attached hydrogen (secondary N) is 1. The third-order valence-corrected chi connectivity index (χ3v) is 2.46. The Balaban J connectivity index is 2.80. The zero-order chi connectivity index (χ0) is 16.3. The lowest BCUT2D eigenvalue weighted by molar-refractivity contribution is -0.388.